The van der Waals surface area contributed by atoms with Gasteiger partial charge in [-0.1, -0.05) is 24.3 Å². The maximum Gasteiger partial charge on any atom is 0.269 e. The molecule has 1 N–H and O–H groups in total. The van der Waals surface area contributed by atoms with E-state index in [1.807, 2.05) is 6.07 Å². The van der Waals surface area contributed by atoms with Gasteiger partial charge in [-0.2, -0.15) is 0 Å². The molecule has 3 rings (SSSR count). The Morgan fingerprint density at radius 1 is 1.20 bits per heavy atom. The van der Waals surface area contributed by atoms with Crippen LogP contribution in [0.15, 0.2) is 48.7 Å². The van der Waals surface area contributed by atoms with Crippen molar-refractivity contribution in [2.75, 3.05) is 6.54 Å². The molecule has 1 aliphatic rings. The summed E-state index contributed by atoms with van der Waals surface area (Å²) >= 11 is 0. The quantitative estimate of drug-likeness (QED) is 0.928. The maximum atomic E-state index is 13.8. The van der Waals surface area contributed by atoms with Gasteiger partial charge in [-0.15, -0.1) is 0 Å². The first-order valence-electron chi connectivity index (χ1n) is 6.66. The average Bonchev–Trinajstić information content (AvgIpc) is 3.27. The molecule has 0 unspecified atom stereocenters. The van der Waals surface area contributed by atoms with E-state index in [-0.39, 0.29) is 17.1 Å². The van der Waals surface area contributed by atoms with Gasteiger partial charge in [0.05, 0.1) is 0 Å². The number of carbonyl (C=O) groups is 1. The number of rotatable bonds is 4. The first-order chi connectivity index (χ1) is 9.71. The topological polar surface area (TPSA) is 42.0 Å². The summed E-state index contributed by atoms with van der Waals surface area (Å²) in [7, 11) is 0. The van der Waals surface area contributed by atoms with E-state index in [9.17, 15) is 9.18 Å². The van der Waals surface area contributed by atoms with Gasteiger partial charge in [-0.05, 0) is 36.6 Å². The largest absolute Gasteiger partial charge is 0.350 e. The summed E-state index contributed by atoms with van der Waals surface area (Å²) in [6, 6.07) is 12.0. The van der Waals surface area contributed by atoms with Crippen LogP contribution in [-0.4, -0.2) is 17.4 Å². The van der Waals surface area contributed by atoms with E-state index in [0.29, 0.717) is 17.8 Å². The molecule has 0 bridgehead atoms. The zero-order valence-electron chi connectivity index (χ0n) is 11.0. The fourth-order valence-corrected chi connectivity index (χ4v) is 2.42. The molecule has 1 aromatic carbocycles. The number of aromatic nitrogens is 1. The second-order valence-corrected chi connectivity index (χ2v) is 5.16. The van der Waals surface area contributed by atoms with E-state index in [4.69, 9.17) is 0 Å². The van der Waals surface area contributed by atoms with Crippen LogP contribution in [0.1, 0.15) is 28.9 Å². The Morgan fingerprint density at radius 3 is 2.60 bits per heavy atom. The van der Waals surface area contributed by atoms with E-state index in [2.05, 4.69) is 10.3 Å². The van der Waals surface area contributed by atoms with Crippen molar-refractivity contribution >= 4 is 5.91 Å². The molecular weight excluding hydrogens is 255 g/mol. The molecule has 102 valence electrons. The lowest BCUT2D eigenvalue weighted by Crippen LogP contribution is -2.33. The molecule has 1 aliphatic carbocycles. The predicted molar refractivity (Wildman–Crippen MR) is 73.9 cm³/mol. The zero-order chi connectivity index (χ0) is 14.0. The molecule has 0 spiro atoms. The lowest BCUT2D eigenvalue weighted by molar-refractivity contribution is 0.0944. The van der Waals surface area contributed by atoms with E-state index < -0.39 is 0 Å². The molecule has 0 radical (unpaired) electrons. The molecule has 20 heavy (non-hydrogen) atoms. The highest BCUT2D eigenvalue weighted by atomic mass is 19.1. The Morgan fingerprint density at radius 2 is 1.95 bits per heavy atom. The van der Waals surface area contributed by atoms with Crippen molar-refractivity contribution in [1.29, 1.82) is 0 Å². The van der Waals surface area contributed by atoms with Crippen LogP contribution in [-0.2, 0) is 5.41 Å². The Labute approximate surface area is 116 Å². The Hall–Kier alpha value is -2.23. The van der Waals surface area contributed by atoms with Crippen molar-refractivity contribution in [3.05, 3.63) is 65.7 Å². The summed E-state index contributed by atoms with van der Waals surface area (Å²) in [4.78, 5) is 16.0. The summed E-state index contributed by atoms with van der Waals surface area (Å²) < 4.78 is 13.8. The number of halogens is 1. The van der Waals surface area contributed by atoms with Crippen molar-refractivity contribution in [2.24, 2.45) is 0 Å². The predicted octanol–water partition coefficient (Wildman–Crippen LogP) is 2.68. The highest BCUT2D eigenvalue weighted by Gasteiger charge is 2.46. The molecule has 1 aromatic heterocycles. The average molecular weight is 270 g/mol. The van der Waals surface area contributed by atoms with Gasteiger partial charge >= 0.3 is 0 Å². The van der Waals surface area contributed by atoms with Crippen molar-refractivity contribution in [3.8, 4) is 0 Å². The van der Waals surface area contributed by atoms with Gasteiger partial charge in [0, 0.05) is 18.2 Å². The van der Waals surface area contributed by atoms with Crippen LogP contribution >= 0.6 is 0 Å². The monoisotopic (exact) mass is 270 g/mol. The van der Waals surface area contributed by atoms with E-state index >= 15 is 0 Å². The molecule has 0 aliphatic heterocycles. The fourth-order valence-electron chi connectivity index (χ4n) is 2.42. The standard InChI is InChI=1S/C16H15FN2O/c17-13-6-2-1-5-12(13)16(8-9-16)11-19-15(20)14-7-3-4-10-18-14/h1-7,10H,8-9,11H2,(H,19,20). The maximum absolute atomic E-state index is 13.8. The number of pyridine rings is 1. The number of hydrogen-bond donors (Lipinski definition) is 1. The number of hydrogen-bond acceptors (Lipinski definition) is 2. The number of carbonyl (C=O) groups excluding carboxylic acids is 1. The van der Waals surface area contributed by atoms with Gasteiger partial charge in [-0.25, -0.2) is 4.39 Å². The Bertz CT molecular complexity index is 623. The molecular formula is C16H15FN2O. The minimum absolute atomic E-state index is 0.197. The SMILES string of the molecule is O=C(NCC1(c2ccccc2F)CC1)c1ccccn1. The van der Waals surface area contributed by atoms with Crippen LogP contribution in [0.2, 0.25) is 0 Å². The molecule has 3 nitrogen and oxygen atoms in total. The van der Waals surface area contributed by atoms with Gasteiger partial charge in [0.25, 0.3) is 5.91 Å². The van der Waals surface area contributed by atoms with E-state index in [1.165, 1.54) is 6.07 Å². The molecule has 1 saturated carbocycles. The molecule has 0 saturated heterocycles. The third kappa shape index (κ3) is 2.41. The zero-order valence-corrected chi connectivity index (χ0v) is 11.0. The Balaban J connectivity index is 1.70. The lowest BCUT2D eigenvalue weighted by atomic mass is 9.95. The third-order valence-electron chi connectivity index (χ3n) is 3.78. The van der Waals surface area contributed by atoms with Gasteiger partial charge in [-0.3, -0.25) is 9.78 Å². The second-order valence-electron chi connectivity index (χ2n) is 5.16. The highest BCUT2D eigenvalue weighted by Crippen LogP contribution is 2.48. The first kappa shape index (κ1) is 12.8. The molecule has 1 heterocycles. The van der Waals surface area contributed by atoms with Gasteiger partial charge in [0.1, 0.15) is 11.5 Å². The molecule has 0 atom stereocenters. The lowest BCUT2D eigenvalue weighted by Gasteiger charge is -2.17. The first-order valence-corrected chi connectivity index (χ1v) is 6.66. The number of nitrogens with one attached hydrogen (secondary N) is 1. The minimum Gasteiger partial charge on any atom is -0.350 e. The number of benzene rings is 1. The number of amides is 1. The van der Waals surface area contributed by atoms with Crippen molar-refractivity contribution in [2.45, 2.75) is 18.3 Å². The van der Waals surface area contributed by atoms with Crippen LogP contribution in [0.25, 0.3) is 0 Å². The van der Waals surface area contributed by atoms with Crippen molar-refractivity contribution in [3.63, 3.8) is 0 Å². The minimum atomic E-state index is -0.240. The molecule has 1 amide bonds. The van der Waals surface area contributed by atoms with Crippen LogP contribution in [0.3, 0.4) is 0 Å². The summed E-state index contributed by atoms with van der Waals surface area (Å²) in [5.74, 6) is -0.412. The fraction of sp³-hybridized carbons (Fsp3) is 0.250. The second kappa shape index (κ2) is 5.04. The van der Waals surface area contributed by atoms with Crippen molar-refractivity contribution in [1.82, 2.24) is 10.3 Å². The third-order valence-corrected chi connectivity index (χ3v) is 3.78. The molecule has 2 aromatic rings. The van der Waals surface area contributed by atoms with Crippen LogP contribution in [0.5, 0.6) is 0 Å². The summed E-state index contributed by atoms with van der Waals surface area (Å²) in [5, 5.41) is 2.86. The van der Waals surface area contributed by atoms with E-state index in [1.54, 1.807) is 36.5 Å². The number of nitrogens with zero attached hydrogens (tertiary/aromatic N) is 1. The van der Waals surface area contributed by atoms with Gasteiger partial charge < -0.3 is 5.32 Å². The van der Waals surface area contributed by atoms with Crippen LogP contribution < -0.4 is 5.32 Å². The summed E-state index contributed by atoms with van der Waals surface area (Å²) in [6.45, 7) is 0.448. The van der Waals surface area contributed by atoms with E-state index in [0.717, 1.165) is 12.8 Å². The molecule has 4 heteroatoms. The molecule has 1 fully saturated rings. The van der Waals surface area contributed by atoms with Gasteiger partial charge in [0.15, 0.2) is 0 Å². The summed E-state index contributed by atoms with van der Waals surface area (Å²) in [5.41, 5.74) is 0.841. The normalized spacial score (nSPS) is 15.7. The van der Waals surface area contributed by atoms with Crippen LogP contribution in [0.4, 0.5) is 4.39 Å². The van der Waals surface area contributed by atoms with Crippen LogP contribution in [0, 0.1) is 5.82 Å². The highest BCUT2D eigenvalue weighted by molar-refractivity contribution is 5.92. The van der Waals surface area contributed by atoms with Crippen molar-refractivity contribution < 1.29 is 9.18 Å². The van der Waals surface area contributed by atoms with Gasteiger partial charge in [0.2, 0.25) is 0 Å². The smallest absolute Gasteiger partial charge is 0.269 e. The summed E-state index contributed by atoms with van der Waals surface area (Å²) in [6.07, 6.45) is 3.38. The Kier molecular flexibility index (Phi) is 3.22.